The highest BCUT2D eigenvalue weighted by Gasteiger charge is 2.69. The topological polar surface area (TPSA) is 109 Å². The molecule has 3 heterocycles. The SMILES string of the molecule is Cc1cccc(NC(=O)COc2ccc(Cl)cc2[C@H]2c3sc(=O)[nH]c3SC3C4CC(C5C(=O)N(c6ccc(Cl)cc6)C(=O)C45)C32)c1. The molecule has 8 nitrogen and oxygen atoms in total. The van der Waals surface area contributed by atoms with Gasteiger partial charge in [-0.3, -0.25) is 24.1 Å². The summed E-state index contributed by atoms with van der Waals surface area (Å²) in [4.78, 5) is 58.6. The number of benzene rings is 3. The van der Waals surface area contributed by atoms with Crippen molar-refractivity contribution in [3.8, 4) is 5.75 Å². The molecule has 7 atom stereocenters. The van der Waals surface area contributed by atoms with Gasteiger partial charge in [0.05, 0.1) is 22.5 Å². The van der Waals surface area contributed by atoms with Crippen LogP contribution in [0.3, 0.4) is 0 Å². The Morgan fingerprint density at radius 1 is 0.978 bits per heavy atom. The number of anilines is 2. The van der Waals surface area contributed by atoms with E-state index < -0.39 is 11.8 Å². The molecule has 3 aromatic carbocycles. The number of rotatable bonds is 6. The normalized spacial score (nSPS) is 27.4. The first kappa shape index (κ1) is 29.8. The standard InChI is InChI=1S/C34H27Cl2N3O5S2/c1-15-3-2-4-18(11-15)37-24(40)14-44-23-10-7-17(36)12-20(23)25-26-21-13-22(29(26)45-31-30(25)46-34(43)38-31)28-27(21)32(41)39(33(28)42)19-8-5-16(35)6-9-19/h2-12,21-22,25-29H,13-14H2,1H3,(H,37,40)(H,38,43)/t21?,22?,25-,26?,27?,28?,29?/m1/s1. The lowest BCUT2D eigenvalue weighted by atomic mass is 9.68. The Morgan fingerprint density at radius 3 is 2.48 bits per heavy atom. The number of nitrogens with zero attached hydrogens (tertiary/aromatic N) is 1. The fraction of sp³-hybridized carbons (Fsp3) is 0.294. The van der Waals surface area contributed by atoms with Crippen LogP contribution >= 0.6 is 46.3 Å². The number of nitrogens with one attached hydrogen (secondary N) is 2. The molecule has 2 bridgehead atoms. The number of fused-ring (bicyclic) bond motifs is 9. The second-order valence-corrected chi connectivity index (χ2v) is 15.4. The minimum Gasteiger partial charge on any atom is -0.483 e. The van der Waals surface area contributed by atoms with Crippen molar-refractivity contribution in [2.45, 2.75) is 29.5 Å². The lowest BCUT2D eigenvalue weighted by molar-refractivity contribution is -0.123. The molecule has 1 aromatic heterocycles. The summed E-state index contributed by atoms with van der Waals surface area (Å²) in [6.45, 7) is 1.72. The van der Waals surface area contributed by atoms with Crippen LogP contribution in [-0.4, -0.2) is 34.6 Å². The molecule has 4 aliphatic rings. The Hall–Kier alpha value is -3.57. The van der Waals surface area contributed by atoms with Crippen LogP contribution in [0.5, 0.6) is 5.75 Å². The molecule has 46 heavy (non-hydrogen) atoms. The molecule has 2 saturated carbocycles. The van der Waals surface area contributed by atoms with E-state index in [1.807, 2.05) is 37.3 Å². The first-order valence-electron chi connectivity index (χ1n) is 15.0. The van der Waals surface area contributed by atoms with E-state index in [0.29, 0.717) is 27.2 Å². The number of H-pyrrole nitrogens is 1. The lowest BCUT2D eigenvalue weighted by Crippen LogP contribution is -2.42. The minimum absolute atomic E-state index is 0.00707. The van der Waals surface area contributed by atoms with Gasteiger partial charge in [-0.2, -0.15) is 0 Å². The number of imide groups is 1. The third kappa shape index (κ3) is 4.80. The van der Waals surface area contributed by atoms with E-state index in [1.165, 1.54) is 4.90 Å². The molecule has 3 amide bonds. The predicted octanol–water partition coefficient (Wildman–Crippen LogP) is 6.75. The number of hydrogen-bond acceptors (Lipinski definition) is 7. The lowest BCUT2D eigenvalue weighted by Gasteiger charge is -2.43. The summed E-state index contributed by atoms with van der Waals surface area (Å²) >= 11 is 15.4. The summed E-state index contributed by atoms with van der Waals surface area (Å²) < 4.78 is 6.17. The number of aromatic amines is 1. The van der Waals surface area contributed by atoms with E-state index >= 15 is 0 Å². The summed E-state index contributed by atoms with van der Waals surface area (Å²) in [5.74, 6) is -1.56. The van der Waals surface area contributed by atoms with Gasteiger partial charge in [-0.05, 0) is 91.3 Å². The fourth-order valence-electron chi connectivity index (χ4n) is 8.17. The Balaban J connectivity index is 1.14. The van der Waals surface area contributed by atoms with Gasteiger partial charge in [0, 0.05) is 37.3 Å². The van der Waals surface area contributed by atoms with E-state index in [1.54, 1.807) is 48.2 Å². The van der Waals surface area contributed by atoms with E-state index in [0.717, 1.165) is 38.8 Å². The van der Waals surface area contributed by atoms with Crippen molar-refractivity contribution in [2.75, 3.05) is 16.8 Å². The molecule has 0 spiro atoms. The maximum absolute atomic E-state index is 14.0. The number of thioether (sulfide) groups is 1. The molecule has 0 radical (unpaired) electrons. The number of carbonyl (C=O) groups is 3. The van der Waals surface area contributed by atoms with Crippen LogP contribution in [0, 0.1) is 36.5 Å². The molecular weight excluding hydrogens is 665 g/mol. The van der Waals surface area contributed by atoms with Crippen molar-refractivity contribution in [2.24, 2.45) is 29.6 Å². The number of ether oxygens (including phenoxy) is 1. The quantitative estimate of drug-likeness (QED) is 0.217. The molecule has 12 heteroatoms. The van der Waals surface area contributed by atoms with Crippen molar-refractivity contribution in [3.05, 3.63) is 102 Å². The van der Waals surface area contributed by atoms with Gasteiger partial charge in [0.1, 0.15) is 5.75 Å². The van der Waals surface area contributed by atoms with E-state index in [2.05, 4.69) is 10.3 Å². The highest BCUT2D eigenvalue weighted by molar-refractivity contribution is 8.00. The average molecular weight is 693 g/mol. The Bertz CT molecular complexity index is 1980. The summed E-state index contributed by atoms with van der Waals surface area (Å²) in [6, 6.07) is 19.6. The number of carbonyl (C=O) groups excluding carboxylic acids is 3. The van der Waals surface area contributed by atoms with Crippen LogP contribution in [-0.2, 0) is 14.4 Å². The zero-order valence-electron chi connectivity index (χ0n) is 24.4. The Kier molecular flexibility index (Phi) is 7.32. The summed E-state index contributed by atoms with van der Waals surface area (Å²) in [5.41, 5.74) is 2.99. The number of hydrogen-bond donors (Lipinski definition) is 2. The number of thiazole rings is 1. The summed E-state index contributed by atoms with van der Waals surface area (Å²) in [6.07, 6.45) is 0.745. The smallest absolute Gasteiger partial charge is 0.305 e. The third-order valence-corrected chi connectivity index (χ3v) is 12.9. The number of aryl methyl sites for hydroxylation is 1. The maximum Gasteiger partial charge on any atom is 0.305 e. The molecule has 4 aromatic rings. The summed E-state index contributed by atoms with van der Waals surface area (Å²) in [5, 5.41) is 4.67. The van der Waals surface area contributed by atoms with Crippen molar-refractivity contribution >= 4 is 75.4 Å². The van der Waals surface area contributed by atoms with Gasteiger partial charge in [-0.1, -0.05) is 46.7 Å². The molecule has 234 valence electrons. The minimum atomic E-state index is -0.460. The molecule has 2 N–H and O–H groups in total. The summed E-state index contributed by atoms with van der Waals surface area (Å²) in [7, 11) is 0. The largest absolute Gasteiger partial charge is 0.483 e. The fourth-order valence-corrected chi connectivity index (χ4v) is 11.4. The highest BCUT2D eigenvalue weighted by atomic mass is 35.5. The van der Waals surface area contributed by atoms with Gasteiger partial charge in [0.2, 0.25) is 11.8 Å². The van der Waals surface area contributed by atoms with Crippen LogP contribution in [0.2, 0.25) is 10.0 Å². The van der Waals surface area contributed by atoms with Gasteiger partial charge in [-0.15, -0.1) is 11.8 Å². The highest BCUT2D eigenvalue weighted by Crippen LogP contribution is 2.69. The van der Waals surface area contributed by atoms with Gasteiger partial charge in [0.25, 0.3) is 5.91 Å². The van der Waals surface area contributed by atoms with Gasteiger partial charge in [-0.25, -0.2) is 0 Å². The first-order valence-corrected chi connectivity index (χ1v) is 17.4. The van der Waals surface area contributed by atoms with Crippen LogP contribution in [0.25, 0.3) is 0 Å². The van der Waals surface area contributed by atoms with E-state index in [4.69, 9.17) is 27.9 Å². The zero-order chi connectivity index (χ0) is 31.9. The molecule has 1 saturated heterocycles. The van der Waals surface area contributed by atoms with Crippen LogP contribution in [0.15, 0.2) is 76.6 Å². The predicted molar refractivity (Wildman–Crippen MR) is 179 cm³/mol. The molecule has 2 aliphatic heterocycles. The second kappa shape index (κ2) is 11.3. The molecule has 6 unspecified atom stereocenters. The molecular formula is C34H27Cl2N3O5S2. The zero-order valence-corrected chi connectivity index (χ0v) is 27.5. The van der Waals surface area contributed by atoms with Gasteiger partial charge in [0.15, 0.2) is 6.61 Å². The average Bonchev–Trinajstić information content (AvgIpc) is 3.76. The van der Waals surface area contributed by atoms with Gasteiger partial charge < -0.3 is 15.0 Å². The van der Waals surface area contributed by atoms with Crippen LogP contribution < -0.4 is 19.8 Å². The number of aromatic nitrogens is 1. The van der Waals surface area contributed by atoms with Crippen LogP contribution in [0.1, 0.15) is 28.3 Å². The molecule has 3 fully saturated rings. The number of amides is 3. The first-order chi connectivity index (χ1) is 22.2. The van der Waals surface area contributed by atoms with E-state index in [-0.39, 0.29) is 58.1 Å². The second-order valence-electron chi connectivity index (χ2n) is 12.3. The molecule has 2 aliphatic carbocycles. The third-order valence-electron chi connectivity index (χ3n) is 9.78. The monoisotopic (exact) mass is 691 g/mol. The van der Waals surface area contributed by atoms with Crippen molar-refractivity contribution < 1.29 is 19.1 Å². The molecule has 8 rings (SSSR count). The van der Waals surface area contributed by atoms with E-state index in [9.17, 15) is 19.2 Å². The van der Waals surface area contributed by atoms with Crippen molar-refractivity contribution in [3.63, 3.8) is 0 Å². The van der Waals surface area contributed by atoms with Gasteiger partial charge >= 0.3 is 4.87 Å². The Labute approximate surface area is 282 Å². The maximum atomic E-state index is 14.0. The van der Waals surface area contributed by atoms with Crippen molar-refractivity contribution in [1.29, 1.82) is 0 Å². The Morgan fingerprint density at radius 2 is 1.72 bits per heavy atom. The van der Waals surface area contributed by atoms with Crippen molar-refractivity contribution in [1.82, 2.24) is 4.98 Å². The number of halogens is 2. The van der Waals surface area contributed by atoms with Crippen LogP contribution in [0.4, 0.5) is 11.4 Å².